The van der Waals surface area contributed by atoms with Crippen molar-refractivity contribution in [1.29, 1.82) is 0 Å². The normalized spacial score (nSPS) is 16.2. The molecule has 0 spiro atoms. The lowest BCUT2D eigenvalue weighted by molar-refractivity contribution is 0.349. The Morgan fingerprint density at radius 2 is 2.00 bits per heavy atom. The van der Waals surface area contributed by atoms with Gasteiger partial charge in [0.25, 0.3) is 0 Å². The zero-order chi connectivity index (χ0) is 21.7. The molecule has 0 unspecified atom stereocenters. The molecule has 1 fully saturated rings. The first kappa shape index (κ1) is 21.3. The molecule has 0 aliphatic heterocycles. The first-order chi connectivity index (χ1) is 14.0. The second-order valence-corrected chi connectivity index (χ2v) is 11.8. The third kappa shape index (κ3) is 4.41. The fourth-order valence-electron chi connectivity index (χ4n) is 3.84. The van der Waals surface area contributed by atoms with Gasteiger partial charge in [0.2, 0.25) is 10.0 Å². The molecule has 3 aromatic rings. The summed E-state index contributed by atoms with van der Waals surface area (Å²) >= 11 is 6.37. The minimum Gasteiger partial charge on any atom is -0.347 e. The summed E-state index contributed by atoms with van der Waals surface area (Å²) < 4.78 is 30.1. The first-order valence-corrected chi connectivity index (χ1v) is 12.2. The van der Waals surface area contributed by atoms with E-state index in [1.807, 2.05) is 31.2 Å². The summed E-state index contributed by atoms with van der Waals surface area (Å²) in [5.74, 6) is 0. The molecule has 0 radical (unpaired) electrons. The SMILES string of the molecule is C[C@@H](NS(=O)(=O)C1CC1)c1cn(CC(C)(C)C)c2cc(-c3ncccc3Cl)ccc12. The van der Waals surface area contributed by atoms with E-state index in [2.05, 4.69) is 47.3 Å². The topological polar surface area (TPSA) is 64.0 Å². The summed E-state index contributed by atoms with van der Waals surface area (Å²) in [5.41, 5.74) is 3.79. The highest BCUT2D eigenvalue weighted by atomic mass is 35.5. The highest BCUT2D eigenvalue weighted by Crippen LogP contribution is 2.35. The molecule has 1 aliphatic carbocycles. The Kier molecular flexibility index (Phi) is 5.45. The summed E-state index contributed by atoms with van der Waals surface area (Å²) in [6, 6.07) is 9.50. The fraction of sp³-hybridized carbons (Fsp3) is 0.435. The zero-order valence-electron chi connectivity index (χ0n) is 17.8. The van der Waals surface area contributed by atoms with E-state index in [-0.39, 0.29) is 16.7 Å². The van der Waals surface area contributed by atoms with Gasteiger partial charge in [0.1, 0.15) is 0 Å². The molecule has 1 aromatic carbocycles. The molecular formula is C23H28ClN3O2S. The van der Waals surface area contributed by atoms with Gasteiger partial charge in [-0.1, -0.05) is 44.5 Å². The maximum Gasteiger partial charge on any atom is 0.215 e. The lowest BCUT2D eigenvalue weighted by Gasteiger charge is -2.20. The van der Waals surface area contributed by atoms with E-state index in [4.69, 9.17) is 11.6 Å². The van der Waals surface area contributed by atoms with Crippen LogP contribution < -0.4 is 4.72 Å². The van der Waals surface area contributed by atoms with Gasteiger partial charge >= 0.3 is 0 Å². The number of benzene rings is 1. The molecule has 1 atom stereocenters. The van der Waals surface area contributed by atoms with Gasteiger partial charge in [0, 0.05) is 41.4 Å². The zero-order valence-corrected chi connectivity index (χ0v) is 19.4. The predicted molar refractivity (Wildman–Crippen MR) is 123 cm³/mol. The van der Waals surface area contributed by atoms with Gasteiger partial charge in [-0.05, 0) is 48.9 Å². The van der Waals surface area contributed by atoms with E-state index in [0.717, 1.165) is 47.1 Å². The van der Waals surface area contributed by atoms with Crippen LogP contribution in [0.1, 0.15) is 52.1 Å². The van der Waals surface area contributed by atoms with Crippen LogP contribution in [0.2, 0.25) is 5.02 Å². The maximum atomic E-state index is 12.5. The fourth-order valence-corrected chi connectivity index (χ4v) is 5.64. The van der Waals surface area contributed by atoms with E-state index in [1.165, 1.54) is 0 Å². The van der Waals surface area contributed by atoms with Crippen LogP contribution in [0.3, 0.4) is 0 Å². The molecule has 0 amide bonds. The van der Waals surface area contributed by atoms with Gasteiger partial charge in [0.15, 0.2) is 0 Å². The summed E-state index contributed by atoms with van der Waals surface area (Å²) in [7, 11) is -3.27. The Morgan fingerprint density at radius 3 is 2.63 bits per heavy atom. The van der Waals surface area contributed by atoms with Gasteiger partial charge in [-0.3, -0.25) is 4.98 Å². The summed E-state index contributed by atoms with van der Waals surface area (Å²) in [4.78, 5) is 4.44. The number of sulfonamides is 1. The molecule has 4 rings (SSSR count). The molecule has 1 saturated carbocycles. The second kappa shape index (κ2) is 7.66. The average molecular weight is 446 g/mol. The van der Waals surface area contributed by atoms with Crippen molar-refractivity contribution in [2.45, 2.75) is 58.4 Å². The molecule has 1 aliphatic rings. The molecule has 0 bridgehead atoms. The number of pyridine rings is 1. The van der Waals surface area contributed by atoms with Crippen LogP contribution in [-0.4, -0.2) is 23.2 Å². The van der Waals surface area contributed by atoms with Gasteiger partial charge in [0.05, 0.1) is 16.0 Å². The van der Waals surface area contributed by atoms with Crippen LogP contribution >= 0.6 is 11.6 Å². The number of rotatable bonds is 6. The van der Waals surface area contributed by atoms with E-state index in [9.17, 15) is 8.42 Å². The molecular weight excluding hydrogens is 418 g/mol. The molecule has 2 aromatic heterocycles. The van der Waals surface area contributed by atoms with Gasteiger partial charge in [-0.2, -0.15) is 0 Å². The second-order valence-electron chi connectivity index (χ2n) is 9.42. The van der Waals surface area contributed by atoms with E-state index < -0.39 is 10.0 Å². The number of nitrogens with one attached hydrogen (secondary N) is 1. The number of halogens is 1. The van der Waals surface area contributed by atoms with Gasteiger partial charge in [-0.25, -0.2) is 13.1 Å². The van der Waals surface area contributed by atoms with Crippen LogP contribution in [-0.2, 0) is 16.6 Å². The Morgan fingerprint density at radius 1 is 1.27 bits per heavy atom. The Labute approximate surface area is 183 Å². The van der Waals surface area contributed by atoms with Crippen LogP contribution in [0.25, 0.3) is 22.2 Å². The third-order valence-corrected chi connectivity index (χ3v) is 7.70. The van der Waals surface area contributed by atoms with Gasteiger partial charge < -0.3 is 4.57 Å². The molecule has 160 valence electrons. The molecule has 30 heavy (non-hydrogen) atoms. The molecule has 7 heteroatoms. The summed E-state index contributed by atoms with van der Waals surface area (Å²) in [6.07, 6.45) is 5.32. The standard InChI is InChI=1S/C23H28ClN3O2S/c1-15(26-30(28,29)17-8-9-17)19-13-27(14-23(2,3)4)21-12-16(7-10-18(19)21)22-20(24)6-5-11-25-22/h5-7,10-13,15,17,26H,8-9,14H2,1-4H3/t15-/m1/s1. The van der Waals surface area contributed by atoms with E-state index in [1.54, 1.807) is 6.20 Å². The van der Waals surface area contributed by atoms with Crippen molar-refractivity contribution in [3.8, 4) is 11.3 Å². The first-order valence-electron chi connectivity index (χ1n) is 10.3. The number of hydrogen-bond acceptors (Lipinski definition) is 3. The van der Waals surface area contributed by atoms with Crippen molar-refractivity contribution in [3.63, 3.8) is 0 Å². The minimum absolute atomic E-state index is 0.0681. The monoisotopic (exact) mass is 445 g/mol. The highest BCUT2D eigenvalue weighted by Gasteiger charge is 2.37. The Bertz CT molecular complexity index is 1190. The van der Waals surface area contributed by atoms with E-state index >= 15 is 0 Å². The van der Waals surface area contributed by atoms with Crippen LogP contribution in [0.15, 0.2) is 42.7 Å². The quantitative estimate of drug-likeness (QED) is 0.541. The third-order valence-electron chi connectivity index (χ3n) is 5.36. The lowest BCUT2D eigenvalue weighted by Crippen LogP contribution is -2.29. The lowest BCUT2D eigenvalue weighted by atomic mass is 9.97. The van der Waals surface area contributed by atoms with Crippen molar-refractivity contribution < 1.29 is 8.42 Å². The number of aromatic nitrogens is 2. The van der Waals surface area contributed by atoms with Crippen molar-refractivity contribution in [1.82, 2.24) is 14.3 Å². The van der Waals surface area contributed by atoms with Crippen LogP contribution in [0.5, 0.6) is 0 Å². The van der Waals surface area contributed by atoms with Crippen LogP contribution in [0.4, 0.5) is 0 Å². The largest absolute Gasteiger partial charge is 0.347 e. The average Bonchev–Trinajstić information content (AvgIpc) is 3.45. The van der Waals surface area contributed by atoms with Gasteiger partial charge in [-0.15, -0.1) is 0 Å². The van der Waals surface area contributed by atoms with Crippen LogP contribution in [0, 0.1) is 5.41 Å². The molecule has 5 nitrogen and oxygen atoms in total. The van der Waals surface area contributed by atoms with Crippen molar-refractivity contribution in [2.24, 2.45) is 5.41 Å². The predicted octanol–water partition coefficient (Wildman–Crippen LogP) is 5.55. The number of nitrogens with zero attached hydrogens (tertiary/aromatic N) is 2. The number of fused-ring (bicyclic) bond motifs is 1. The van der Waals surface area contributed by atoms with E-state index in [0.29, 0.717) is 5.02 Å². The van der Waals surface area contributed by atoms with Crippen molar-refractivity contribution in [2.75, 3.05) is 0 Å². The summed E-state index contributed by atoms with van der Waals surface area (Å²) in [5, 5.41) is 1.42. The molecule has 1 N–H and O–H groups in total. The number of hydrogen-bond donors (Lipinski definition) is 1. The van der Waals surface area contributed by atoms with Crippen molar-refractivity contribution in [3.05, 3.63) is 53.3 Å². The minimum atomic E-state index is -3.27. The Balaban J connectivity index is 1.80. The maximum absolute atomic E-state index is 12.5. The van der Waals surface area contributed by atoms with Crippen molar-refractivity contribution >= 4 is 32.5 Å². The summed E-state index contributed by atoms with van der Waals surface area (Å²) in [6.45, 7) is 9.30. The molecule has 0 saturated heterocycles. The Hall–Kier alpha value is -1.89. The highest BCUT2D eigenvalue weighted by molar-refractivity contribution is 7.90. The molecule has 2 heterocycles. The smallest absolute Gasteiger partial charge is 0.215 e.